The lowest BCUT2D eigenvalue weighted by Crippen LogP contribution is -2.14. The van der Waals surface area contributed by atoms with Crippen molar-refractivity contribution in [2.45, 2.75) is 13.1 Å². The summed E-state index contributed by atoms with van der Waals surface area (Å²) in [5, 5.41) is 0. The average Bonchev–Trinajstić information content (AvgIpc) is 2.38. The van der Waals surface area contributed by atoms with Gasteiger partial charge >= 0.3 is 6.18 Å². The van der Waals surface area contributed by atoms with Crippen LogP contribution in [0.2, 0.25) is 0 Å². The number of carbonyl (C=O) groups is 1. The van der Waals surface area contributed by atoms with Gasteiger partial charge < -0.3 is 0 Å². The van der Waals surface area contributed by atoms with Crippen LogP contribution >= 0.6 is 0 Å². The average molecular weight is 265 g/mol. The first-order valence-electron chi connectivity index (χ1n) is 5.52. The number of ketones is 1. The topological polar surface area (TPSA) is 30.0 Å². The summed E-state index contributed by atoms with van der Waals surface area (Å²) < 4.78 is 38.8. The van der Waals surface area contributed by atoms with Crippen molar-refractivity contribution >= 4 is 5.78 Å². The second-order valence-electron chi connectivity index (χ2n) is 4.11. The van der Waals surface area contributed by atoms with Crippen LogP contribution in [0.25, 0.3) is 0 Å². The van der Waals surface area contributed by atoms with Crippen molar-refractivity contribution in [3.05, 3.63) is 65.0 Å². The fraction of sp³-hybridized carbons (Fsp3) is 0.143. The molecular weight excluding hydrogens is 255 g/mol. The Bertz CT molecular complexity index is 606. The van der Waals surface area contributed by atoms with E-state index in [1.54, 1.807) is 6.92 Å². The lowest BCUT2D eigenvalue weighted by molar-refractivity contribution is -0.137. The van der Waals surface area contributed by atoms with Crippen LogP contribution < -0.4 is 0 Å². The number of aryl methyl sites for hydroxylation is 1. The maximum atomic E-state index is 12.9. The SMILES string of the molecule is Cc1ccc(C(=O)c2ccncc2)c(C(F)(F)F)c1. The third kappa shape index (κ3) is 2.81. The largest absolute Gasteiger partial charge is 0.417 e. The van der Waals surface area contributed by atoms with E-state index in [0.29, 0.717) is 5.56 Å². The Balaban J connectivity index is 2.54. The summed E-state index contributed by atoms with van der Waals surface area (Å²) >= 11 is 0. The molecule has 0 fully saturated rings. The van der Waals surface area contributed by atoms with Crippen LogP contribution in [0.1, 0.15) is 27.0 Å². The number of pyridine rings is 1. The number of benzene rings is 1. The van der Waals surface area contributed by atoms with Crippen LogP contribution in [0, 0.1) is 6.92 Å². The van der Waals surface area contributed by atoms with Crippen molar-refractivity contribution in [3.63, 3.8) is 0 Å². The van der Waals surface area contributed by atoms with E-state index in [4.69, 9.17) is 0 Å². The van der Waals surface area contributed by atoms with Gasteiger partial charge in [-0.05, 0) is 25.1 Å². The van der Waals surface area contributed by atoms with Crippen molar-refractivity contribution in [3.8, 4) is 0 Å². The van der Waals surface area contributed by atoms with Crippen LogP contribution in [0.3, 0.4) is 0 Å². The van der Waals surface area contributed by atoms with Gasteiger partial charge in [-0.2, -0.15) is 13.2 Å². The molecule has 0 unspecified atom stereocenters. The first-order valence-corrected chi connectivity index (χ1v) is 5.52. The number of hydrogen-bond acceptors (Lipinski definition) is 2. The Morgan fingerprint density at radius 2 is 1.74 bits per heavy atom. The van der Waals surface area contributed by atoms with Gasteiger partial charge in [0.25, 0.3) is 0 Å². The second kappa shape index (κ2) is 4.84. The van der Waals surface area contributed by atoms with Gasteiger partial charge in [-0.1, -0.05) is 17.7 Å². The number of hydrogen-bond donors (Lipinski definition) is 0. The van der Waals surface area contributed by atoms with Gasteiger partial charge in [-0.25, -0.2) is 0 Å². The van der Waals surface area contributed by atoms with E-state index in [1.165, 1.54) is 36.7 Å². The molecule has 19 heavy (non-hydrogen) atoms. The highest BCUT2D eigenvalue weighted by Gasteiger charge is 2.35. The Hall–Kier alpha value is -2.17. The van der Waals surface area contributed by atoms with Crippen LogP contribution in [-0.2, 0) is 6.18 Å². The van der Waals surface area contributed by atoms with Crippen molar-refractivity contribution in [2.75, 3.05) is 0 Å². The van der Waals surface area contributed by atoms with Gasteiger partial charge in [-0.3, -0.25) is 9.78 Å². The Morgan fingerprint density at radius 3 is 2.32 bits per heavy atom. The molecule has 0 saturated carbocycles. The zero-order chi connectivity index (χ0) is 14.0. The maximum Gasteiger partial charge on any atom is 0.417 e. The van der Waals surface area contributed by atoms with Crippen LogP contribution in [0.5, 0.6) is 0 Å². The number of alkyl halides is 3. The number of aromatic nitrogens is 1. The molecule has 1 aromatic heterocycles. The molecule has 0 N–H and O–H groups in total. The first kappa shape index (κ1) is 13.3. The monoisotopic (exact) mass is 265 g/mol. The van der Waals surface area contributed by atoms with Gasteiger partial charge in [0.2, 0.25) is 0 Å². The van der Waals surface area contributed by atoms with Crippen LogP contribution in [0.15, 0.2) is 42.7 Å². The van der Waals surface area contributed by atoms with E-state index in [2.05, 4.69) is 4.98 Å². The van der Waals surface area contributed by atoms with E-state index >= 15 is 0 Å². The molecule has 5 heteroatoms. The van der Waals surface area contributed by atoms with E-state index in [0.717, 1.165) is 6.07 Å². The molecule has 0 aliphatic rings. The van der Waals surface area contributed by atoms with Crippen molar-refractivity contribution in [2.24, 2.45) is 0 Å². The summed E-state index contributed by atoms with van der Waals surface area (Å²) in [6.45, 7) is 1.55. The lowest BCUT2D eigenvalue weighted by atomic mass is 9.97. The Morgan fingerprint density at radius 1 is 1.11 bits per heavy atom. The molecule has 0 spiro atoms. The molecule has 2 aromatic rings. The summed E-state index contributed by atoms with van der Waals surface area (Å²) in [6.07, 6.45) is -1.81. The molecular formula is C14H10F3NO. The predicted molar refractivity (Wildman–Crippen MR) is 63.9 cm³/mol. The molecule has 0 atom stereocenters. The highest BCUT2D eigenvalue weighted by atomic mass is 19.4. The van der Waals surface area contributed by atoms with Crippen molar-refractivity contribution < 1.29 is 18.0 Å². The minimum atomic E-state index is -4.55. The zero-order valence-corrected chi connectivity index (χ0v) is 10.0. The fourth-order valence-corrected chi connectivity index (χ4v) is 1.75. The minimum Gasteiger partial charge on any atom is -0.289 e. The molecule has 0 aliphatic heterocycles. The maximum absolute atomic E-state index is 12.9. The van der Waals surface area contributed by atoms with Crippen molar-refractivity contribution in [1.82, 2.24) is 4.98 Å². The number of rotatable bonds is 2. The van der Waals surface area contributed by atoms with Gasteiger partial charge in [0.05, 0.1) is 5.56 Å². The standard InChI is InChI=1S/C14H10F3NO/c1-9-2-3-11(12(8-9)14(15,16)17)13(19)10-4-6-18-7-5-10/h2-8H,1H3. The first-order chi connectivity index (χ1) is 8.89. The van der Waals surface area contributed by atoms with E-state index < -0.39 is 17.5 Å². The molecule has 0 amide bonds. The van der Waals surface area contributed by atoms with Crippen LogP contribution in [-0.4, -0.2) is 10.8 Å². The summed E-state index contributed by atoms with van der Waals surface area (Å²) in [6, 6.07) is 6.46. The van der Waals surface area contributed by atoms with Gasteiger partial charge in [-0.15, -0.1) is 0 Å². The predicted octanol–water partition coefficient (Wildman–Crippen LogP) is 3.64. The molecule has 1 aromatic carbocycles. The lowest BCUT2D eigenvalue weighted by Gasteiger charge is -2.12. The minimum absolute atomic E-state index is 0.185. The Labute approximate surface area is 107 Å². The van der Waals surface area contributed by atoms with Gasteiger partial charge in [0.15, 0.2) is 5.78 Å². The van der Waals surface area contributed by atoms with Crippen molar-refractivity contribution in [1.29, 1.82) is 0 Å². The summed E-state index contributed by atoms with van der Waals surface area (Å²) in [7, 11) is 0. The third-order valence-electron chi connectivity index (χ3n) is 2.67. The summed E-state index contributed by atoms with van der Waals surface area (Å²) in [5.74, 6) is -0.658. The quantitative estimate of drug-likeness (QED) is 0.776. The van der Waals surface area contributed by atoms with Gasteiger partial charge in [0, 0.05) is 23.5 Å². The fourth-order valence-electron chi connectivity index (χ4n) is 1.75. The molecule has 1 heterocycles. The number of carbonyl (C=O) groups excluding carboxylic acids is 1. The summed E-state index contributed by atoms with van der Waals surface area (Å²) in [4.78, 5) is 15.8. The second-order valence-corrected chi connectivity index (χ2v) is 4.11. The number of halogens is 3. The molecule has 0 saturated heterocycles. The molecule has 2 rings (SSSR count). The molecule has 2 nitrogen and oxygen atoms in total. The van der Waals surface area contributed by atoms with E-state index in [-0.39, 0.29) is 11.1 Å². The smallest absolute Gasteiger partial charge is 0.289 e. The highest BCUT2D eigenvalue weighted by molar-refractivity contribution is 6.10. The molecule has 0 bridgehead atoms. The molecule has 98 valence electrons. The van der Waals surface area contributed by atoms with Gasteiger partial charge in [0.1, 0.15) is 0 Å². The van der Waals surface area contributed by atoms with E-state index in [9.17, 15) is 18.0 Å². The highest BCUT2D eigenvalue weighted by Crippen LogP contribution is 2.33. The Kier molecular flexibility index (Phi) is 3.38. The third-order valence-corrected chi connectivity index (χ3v) is 2.67. The summed E-state index contributed by atoms with van der Waals surface area (Å²) in [5.41, 5.74) is -0.610. The normalized spacial score (nSPS) is 11.4. The zero-order valence-electron chi connectivity index (χ0n) is 10.0. The molecule has 0 aliphatic carbocycles. The van der Waals surface area contributed by atoms with Crippen LogP contribution in [0.4, 0.5) is 13.2 Å². The van der Waals surface area contributed by atoms with E-state index in [1.807, 2.05) is 0 Å². The number of nitrogens with zero attached hydrogens (tertiary/aromatic N) is 1. The molecule has 0 radical (unpaired) electrons.